The molecule has 4 heteroatoms. The minimum Gasteiger partial charge on any atom is -0.504 e. The largest absolute Gasteiger partial charge is 0.504 e. The molecule has 0 unspecified atom stereocenters. The lowest BCUT2D eigenvalue weighted by Crippen LogP contribution is -2.33. The van der Waals surface area contributed by atoms with Crippen molar-refractivity contribution in [2.75, 3.05) is 11.5 Å². The molecule has 1 aliphatic rings. The van der Waals surface area contributed by atoms with Gasteiger partial charge in [0.25, 0.3) is 0 Å². The fourth-order valence-electron chi connectivity index (χ4n) is 3.18. The summed E-state index contributed by atoms with van der Waals surface area (Å²) in [4.78, 5) is 10.7. The summed E-state index contributed by atoms with van der Waals surface area (Å²) in [7, 11) is 0. The van der Waals surface area contributed by atoms with E-state index in [0.717, 1.165) is 5.69 Å². The van der Waals surface area contributed by atoms with Crippen molar-refractivity contribution in [3.8, 4) is 5.75 Å². The highest BCUT2D eigenvalue weighted by Crippen LogP contribution is 2.46. The van der Waals surface area contributed by atoms with E-state index in [0.29, 0.717) is 11.1 Å². The predicted octanol–water partition coefficient (Wildman–Crippen LogP) is 3.95. The second-order valence-corrected chi connectivity index (χ2v) is 7.99. The van der Waals surface area contributed by atoms with Gasteiger partial charge < -0.3 is 16.6 Å². The van der Waals surface area contributed by atoms with Crippen LogP contribution in [0.1, 0.15) is 51.7 Å². The van der Waals surface area contributed by atoms with Crippen LogP contribution in [0.25, 0.3) is 0 Å². The van der Waals surface area contributed by atoms with Crippen LogP contribution < -0.4 is 16.9 Å². The molecule has 5 N–H and O–H groups in total. The third-order valence-corrected chi connectivity index (χ3v) is 4.99. The van der Waals surface area contributed by atoms with Gasteiger partial charge in [-0.25, -0.2) is 0 Å². The van der Waals surface area contributed by atoms with Crippen molar-refractivity contribution in [3.63, 3.8) is 0 Å². The molecule has 0 aliphatic heterocycles. The van der Waals surface area contributed by atoms with Gasteiger partial charge in [-0.2, -0.15) is 0 Å². The maximum Gasteiger partial charge on any atom is 0.220 e. The Morgan fingerprint density at radius 3 is 1.96 bits per heavy atom. The Kier molecular flexibility index (Phi) is 5.12. The molecule has 134 valence electrons. The third kappa shape index (κ3) is 4.32. The quantitative estimate of drug-likeness (QED) is 0.633. The number of nitrogens with two attached hydrogens (primary N) is 2. The number of hydrogen-bond donors (Lipinski definition) is 3. The van der Waals surface area contributed by atoms with Gasteiger partial charge in [-0.3, -0.25) is 4.79 Å². The maximum absolute atomic E-state index is 10.7. The first-order chi connectivity index (χ1) is 11.5. The van der Waals surface area contributed by atoms with Crippen molar-refractivity contribution >= 4 is 11.4 Å². The molecular weight excluding hydrogens is 312 g/mol. The van der Waals surface area contributed by atoms with Crippen molar-refractivity contribution in [1.29, 1.82) is 0 Å². The van der Waals surface area contributed by atoms with Crippen LogP contribution in [0, 0.1) is 0 Å². The predicted molar refractivity (Wildman–Crippen MR) is 105 cm³/mol. The minimum atomic E-state index is -0.420. The van der Waals surface area contributed by atoms with Crippen molar-refractivity contribution in [1.82, 2.24) is 0 Å². The molecular formula is C21H28N2O2. The van der Waals surface area contributed by atoms with E-state index < -0.39 is 5.43 Å². The fourth-order valence-corrected chi connectivity index (χ4v) is 3.18. The molecule has 0 atom stereocenters. The molecule has 3 rings (SSSR count). The van der Waals surface area contributed by atoms with E-state index in [4.69, 9.17) is 16.6 Å². The van der Waals surface area contributed by atoms with Crippen LogP contribution in [-0.2, 0) is 10.8 Å². The zero-order valence-electron chi connectivity index (χ0n) is 15.5. The Morgan fingerprint density at radius 2 is 1.32 bits per heavy atom. The molecule has 0 radical (unpaired) electrons. The zero-order valence-corrected chi connectivity index (χ0v) is 15.5. The number of aromatic hydroxyl groups is 1. The summed E-state index contributed by atoms with van der Waals surface area (Å²) in [6.45, 7) is 9.30. The molecule has 0 fully saturated rings. The number of anilines is 2. The molecule has 0 spiro atoms. The van der Waals surface area contributed by atoms with Crippen LogP contribution in [0.5, 0.6) is 5.75 Å². The van der Waals surface area contributed by atoms with E-state index >= 15 is 0 Å². The highest BCUT2D eigenvalue weighted by Gasteiger charge is 2.36. The summed E-state index contributed by atoms with van der Waals surface area (Å²) in [5.74, 6) is -0.281. The standard InChI is InChI=1S/C14H21N.C7H7NO2/c1-13(2)7-8-14(3,4)12-9-10(15)5-6-11(12)13;8-5-1-3-6(9)7(10)4-2-5/h5-6,9H,7-8,15H2,1-4H3;1-4H,8H2,(H,9,10). The fraction of sp³-hybridized carbons (Fsp3) is 0.381. The topological polar surface area (TPSA) is 89.3 Å². The first-order valence-electron chi connectivity index (χ1n) is 8.52. The Morgan fingerprint density at radius 1 is 0.800 bits per heavy atom. The third-order valence-electron chi connectivity index (χ3n) is 4.99. The second-order valence-electron chi connectivity index (χ2n) is 7.99. The van der Waals surface area contributed by atoms with E-state index in [-0.39, 0.29) is 11.2 Å². The Bertz CT molecular complexity index is 826. The summed E-state index contributed by atoms with van der Waals surface area (Å²) in [6, 6.07) is 11.8. The highest BCUT2D eigenvalue weighted by molar-refractivity contribution is 5.51. The van der Waals surface area contributed by atoms with Gasteiger partial charge in [0.05, 0.1) is 0 Å². The summed E-state index contributed by atoms with van der Waals surface area (Å²) in [5, 5.41) is 8.84. The van der Waals surface area contributed by atoms with Gasteiger partial charge in [-0.15, -0.1) is 0 Å². The Hall–Kier alpha value is -2.49. The maximum atomic E-state index is 10.7. The van der Waals surface area contributed by atoms with Gasteiger partial charge in [0.1, 0.15) is 0 Å². The highest BCUT2D eigenvalue weighted by atomic mass is 16.3. The van der Waals surface area contributed by atoms with Crippen LogP contribution in [0.3, 0.4) is 0 Å². The molecule has 1 aliphatic carbocycles. The first-order valence-corrected chi connectivity index (χ1v) is 8.52. The lowest BCUT2D eigenvalue weighted by molar-refractivity contribution is 0.332. The van der Waals surface area contributed by atoms with Crippen LogP contribution in [0.15, 0.2) is 47.3 Å². The van der Waals surface area contributed by atoms with Gasteiger partial charge in [0.2, 0.25) is 5.43 Å². The number of benzene rings is 1. The van der Waals surface area contributed by atoms with E-state index in [2.05, 4.69) is 39.8 Å². The lowest BCUT2D eigenvalue weighted by Gasteiger charge is -2.41. The summed E-state index contributed by atoms with van der Waals surface area (Å²) >= 11 is 0. The van der Waals surface area contributed by atoms with Crippen LogP contribution >= 0.6 is 0 Å². The summed E-state index contributed by atoms with van der Waals surface area (Å²) in [5.41, 5.74) is 15.6. The molecule has 0 bridgehead atoms. The molecule has 0 saturated carbocycles. The van der Waals surface area contributed by atoms with E-state index in [1.807, 2.05) is 6.07 Å². The zero-order chi connectivity index (χ0) is 18.8. The van der Waals surface area contributed by atoms with Crippen molar-refractivity contribution < 1.29 is 5.11 Å². The van der Waals surface area contributed by atoms with Crippen LogP contribution in [0.4, 0.5) is 11.4 Å². The van der Waals surface area contributed by atoms with Gasteiger partial charge in [-0.1, -0.05) is 33.8 Å². The average Bonchev–Trinajstić information content (AvgIpc) is 2.68. The number of hydrogen-bond acceptors (Lipinski definition) is 4. The number of rotatable bonds is 0. The Balaban J connectivity index is 0.000000196. The molecule has 0 saturated heterocycles. The van der Waals surface area contributed by atoms with Gasteiger partial charge in [0, 0.05) is 11.4 Å². The Labute approximate surface area is 149 Å². The van der Waals surface area contributed by atoms with Crippen molar-refractivity contribution in [3.05, 3.63) is 63.8 Å². The monoisotopic (exact) mass is 340 g/mol. The molecule has 4 nitrogen and oxygen atoms in total. The summed E-state index contributed by atoms with van der Waals surface area (Å²) < 4.78 is 0. The normalized spacial score (nSPS) is 17.0. The van der Waals surface area contributed by atoms with Crippen LogP contribution in [0.2, 0.25) is 0 Å². The average molecular weight is 340 g/mol. The van der Waals surface area contributed by atoms with E-state index in [9.17, 15) is 4.79 Å². The van der Waals surface area contributed by atoms with Crippen molar-refractivity contribution in [2.45, 2.75) is 51.4 Å². The van der Waals surface area contributed by atoms with Crippen molar-refractivity contribution in [2.24, 2.45) is 0 Å². The first kappa shape index (κ1) is 18.8. The molecule has 2 aromatic carbocycles. The lowest BCUT2D eigenvalue weighted by atomic mass is 9.63. The molecule has 0 aromatic heterocycles. The van der Waals surface area contributed by atoms with Gasteiger partial charge >= 0.3 is 0 Å². The minimum absolute atomic E-state index is 0.278. The smallest absolute Gasteiger partial charge is 0.220 e. The van der Waals surface area contributed by atoms with E-state index in [1.165, 1.54) is 48.2 Å². The van der Waals surface area contributed by atoms with Crippen LogP contribution in [-0.4, -0.2) is 5.11 Å². The summed E-state index contributed by atoms with van der Waals surface area (Å²) in [6.07, 6.45) is 2.51. The van der Waals surface area contributed by atoms with E-state index in [1.54, 1.807) is 0 Å². The van der Waals surface area contributed by atoms with Gasteiger partial charge in [0.15, 0.2) is 5.75 Å². The molecule has 0 amide bonds. The molecule has 0 heterocycles. The molecule has 2 aromatic rings. The number of fused-ring (bicyclic) bond motifs is 1. The molecule has 25 heavy (non-hydrogen) atoms. The number of nitrogen functional groups attached to an aromatic ring is 2. The SMILES string of the molecule is CC1(C)CCC(C)(C)c2cc(N)ccc21.Nc1ccc(O)c(=O)cc1. The van der Waals surface area contributed by atoms with Gasteiger partial charge in [-0.05, 0) is 71.2 Å². The second kappa shape index (κ2) is 6.79.